The first kappa shape index (κ1) is 16.3. The molecule has 1 aromatic heterocycles. The van der Waals surface area contributed by atoms with Crippen molar-refractivity contribution in [2.75, 3.05) is 0 Å². The summed E-state index contributed by atoms with van der Waals surface area (Å²) in [5, 5.41) is 21.3. The highest BCUT2D eigenvalue weighted by molar-refractivity contribution is 14.1. The van der Waals surface area contributed by atoms with Crippen molar-refractivity contribution in [3.8, 4) is 11.4 Å². The van der Waals surface area contributed by atoms with Crippen molar-refractivity contribution in [1.29, 1.82) is 0 Å². The Morgan fingerprint density at radius 3 is 2.67 bits per heavy atom. The maximum absolute atomic E-state index is 11.8. The maximum atomic E-state index is 11.8. The fraction of sp³-hybridized carbons (Fsp3) is 0.385. The van der Waals surface area contributed by atoms with Crippen molar-refractivity contribution < 1.29 is 9.90 Å². The zero-order valence-corrected chi connectivity index (χ0v) is 15.3. The summed E-state index contributed by atoms with van der Waals surface area (Å²) in [4.78, 5) is 11.8. The highest BCUT2D eigenvalue weighted by Crippen LogP contribution is 2.33. The van der Waals surface area contributed by atoms with Crippen LogP contribution in [0.3, 0.4) is 0 Å². The lowest BCUT2D eigenvalue weighted by atomic mass is 9.92. The molecular weight excluding hydrogens is 451 g/mol. The van der Waals surface area contributed by atoms with Gasteiger partial charge in [0.05, 0.1) is 0 Å². The molecule has 21 heavy (non-hydrogen) atoms. The molecule has 112 valence electrons. The van der Waals surface area contributed by atoms with Crippen LogP contribution in [0.4, 0.5) is 0 Å². The molecule has 0 bridgehead atoms. The molecule has 2 aromatic rings. The van der Waals surface area contributed by atoms with Gasteiger partial charge in [0.2, 0.25) is 0 Å². The molecule has 2 rings (SSSR count). The van der Waals surface area contributed by atoms with Crippen LogP contribution in [0, 0.1) is 3.57 Å². The number of benzene rings is 1. The molecule has 0 aliphatic carbocycles. The first-order valence-corrected chi connectivity index (χ1v) is 8.31. The molecule has 0 aliphatic heterocycles. The van der Waals surface area contributed by atoms with E-state index in [0.717, 1.165) is 13.6 Å². The van der Waals surface area contributed by atoms with Crippen molar-refractivity contribution in [3.63, 3.8) is 0 Å². The third kappa shape index (κ3) is 2.83. The number of hydrogen-bond donors (Lipinski definition) is 1. The van der Waals surface area contributed by atoms with Gasteiger partial charge in [-0.25, -0.2) is 9.48 Å². The number of aliphatic carboxylic acids is 1. The molecular formula is C13H14BrIN4O2. The molecule has 1 aromatic carbocycles. The number of carboxylic acid groups (broad SMARTS) is 1. The lowest BCUT2D eigenvalue weighted by Gasteiger charge is -2.27. The lowest BCUT2D eigenvalue weighted by molar-refractivity contribution is -0.148. The highest BCUT2D eigenvalue weighted by Gasteiger charge is 2.40. The predicted octanol–water partition coefficient (Wildman–Crippen LogP) is 3.31. The second kappa shape index (κ2) is 6.39. The van der Waals surface area contributed by atoms with Crippen LogP contribution in [0.5, 0.6) is 0 Å². The Morgan fingerprint density at radius 2 is 2.10 bits per heavy atom. The number of carbonyl (C=O) groups is 1. The summed E-state index contributed by atoms with van der Waals surface area (Å²) in [6, 6.07) is 5.77. The van der Waals surface area contributed by atoms with Gasteiger partial charge in [-0.05, 0) is 64.1 Å². The quantitative estimate of drug-likeness (QED) is 0.686. The minimum absolute atomic E-state index is 0.401. The van der Waals surface area contributed by atoms with Gasteiger partial charge in [-0.3, -0.25) is 0 Å². The largest absolute Gasteiger partial charge is 0.479 e. The number of carboxylic acids is 1. The summed E-state index contributed by atoms with van der Waals surface area (Å²) < 4.78 is 3.27. The Morgan fingerprint density at radius 1 is 1.43 bits per heavy atom. The average Bonchev–Trinajstić information content (AvgIpc) is 2.93. The van der Waals surface area contributed by atoms with Gasteiger partial charge in [-0.1, -0.05) is 29.8 Å². The zero-order valence-electron chi connectivity index (χ0n) is 11.5. The molecule has 0 saturated heterocycles. The molecule has 0 amide bonds. The van der Waals surface area contributed by atoms with E-state index in [1.165, 1.54) is 4.68 Å². The molecule has 0 radical (unpaired) electrons. The van der Waals surface area contributed by atoms with Crippen molar-refractivity contribution in [2.24, 2.45) is 0 Å². The summed E-state index contributed by atoms with van der Waals surface area (Å²) in [5.41, 5.74) is -0.362. The number of tetrazole rings is 1. The maximum Gasteiger partial charge on any atom is 0.331 e. The van der Waals surface area contributed by atoms with Gasteiger partial charge in [0.1, 0.15) is 0 Å². The SMILES string of the molecule is CCC(CC)(C(=O)O)n1nnnc1-c1cc(I)ccc1Br. The van der Waals surface area contributed by atoms with E-state index in [9.17, 15) is 9.90 Å². The van der Waals surface area contributed by atoms with E-state index >= 15 is 0 Å². The van der Waals surface area contributed by atoms with Crippen molar-refractivity contribution >= 4 is 44.5 Å². The molecule has 0 unspecified atom stereocenters. The Kier molecular flexibility index (Phi) is 4.97. The Labute approximate surface area is 144 Å². The van der Waals surface area contributed by atoms with Crippen molar-refractivity contribution in [3.05, 3.63) is 26.2 Å². The van der Waals surface area contributed by atoms with Gasteiger partial charge in [-0.2, -0.15) is 0 Å². The third-order valence-corrected chi connectivity index (χ3v) is 4.97. The van der Waals surface area contributed by atoms with Gasteiger partial charge >= 0.3 is 5.97 Å². The molecule has 0 atom stereocenters. The van der Waals surface area contributed by atoms with Crippen molar-refractivity contribution in [2.45, 2.75) is 32.2 Å². The Hall–Kier alpha value is -1.03. The zero-order chi connectivity index (χ0) is 15.6. The van der Waals surface area contributed by atoms with E-state index in [4.69, 9.17) is 0 Å². The van der Waals surface area contributed by atoms with E-state index in [-0.39, 0.29) is 0 Å². The number of rotatable bonds is 5. The number of nitrogens with zero attached hydrogens (tertiary/aromatic N) is 4. The number of halogens is 2. The molecule has 0 fully saturated rings. The van der Waals surface area contributed by atoms with Gasteiger partial charge < -0.3 is 5.11 Å². The minimum atomic E-state index is -1.14. The minimum Gasteiger partial charge on any atom is -0.479 e. The van der Waals surface area contributed by atoms with Gasteiger partial charge in [0.25, 0.3) is 0 Å². The van der Waals surface area contributed by atoms with Crippen LogP contribution in [-0.2, 0) is 10.3 Å². The molecule has 1 heterocycles. The smallest absolute Gasteiger partial charge is 0.331 e. The van der Waals surface area contributed by atoms with E-state index in [2.05, 4.69) is 54.0 Å². The van der Waals surface area contributed by atoms with Crippen LogP contribution in [0.15, 0.2) is 22.7 Å². The summed E-state index contributed by atoms with van der Waals surface area (Å²) in [5.74, 6) is -0.478. The van der Waals surface area contributed by atoms with E-state index < -0.39 is 11.5 Å². The summed E-state index contributed by atoms with van der Waals surface area (Å²) in [6.45, 7) is 3.65. The van der Waals surface area contributed by atoms with Crippen LogP contribution >= 0.6 is 38.5 Å². The Balaban J connectivity index is 2.67. The summed E-state index contributed by atoms with van der Waals surface area (Å²) in [6.07, 6.45) is 0.802. The van der Waals surface area contributed by atoms with Crippen LogP contribution in [0.2, 0.25) is 0 Å². The predicted molar refractivity (Wildman–Crippen MR) is 89.9 cm³/mol. The van der Waals surface area contributed by atoms with Crippen molar-refractivity contribution in [1.82, 2.24) is 20.2 Å². The van der Waals surface area contributed by atoms with E-state index in [1.807, 2.05) is 32.0 Å². The standard InChI is InChI=1S/C13H14BrIN4O2/c1-3-13(4-2,12(20)21)19-11(16-17-18-19)9-7-8(15)5-6-10(9)14/h5-7H,3-4H2,1-2H3,(H,20,21). The number of aromatic nitrogens is 4. The summed E-state index contributed by atoms with van der Waals surface area (Å²) in [7, 11) is 0. The normalized spacial score (nSPS) is 11.6. The highest BCUT2D eigenvalue weighted by atomic mass is 127. The van der Waals surface area contributed by atoms with Gasteiger partial charge in [0, 0.05) is 13.6 Å². The first-order chi connectivity index (χ1) is 9.96. The fourth-order valence-corrected chi connectivity index (χ4v) is 3.17. The molecule has 6 nitrogen and oxygen atoms in total. The number of hydrogen-bond acceptors (Lipinski definition) is 4. The molecule has 0 saturated carbocycles. The van der Waals surface area contributed by atoms with Gasteiger partial charge in [-0.15, -0.1) is 5.10 Å². The molecule has 1 N–H and O–H groups in total. The van der Waals surface area contributed by atoms with Crippen LogP contribution < -0.4 is 0 Å². The Bertz CT molecular complexity index is 670. The van der Waals surface area contributed by atoms with Crippen LogP contribution in [0.25, 0.3) is 11.4 Å². The second-order valence-corrected chi connectivity index (χ2v) is 6.68. The van der Waals surface area contributed by atoms with E-state index in [1.54, 1.807) is 0 Å². The second-order valence-electron chi connectivity index (χ2n) is 4.58. The van der Waals surface area contributed by atoms with Crippen LogP contribution in [-0.4, -0.2) is 31.3 Å². The fourth-order valence-electron chi connectivity index (χ4n) is 2.25. The monoisotopic (exact) mass is 464 g/mol. The van der Waals surface area contributed by atoms with Crippen LogP contribution in [0.1, 0.15) is 26.7 Å². The third-order valence-electron chi connectivity index (χ3n) is 3.61. The van der Waals surface area contributed by atoms with Gasteiger partial charge in [0.15, 0.2) is 11.4 Å². The molecule has 0 aliphatic rings. The molecule has 8 heteroatoms. The first-order valence-electron chi connectivity index (χ1n) is 6.44. The lowest BCUT2D eigenvalue weighted by Crippen LogP contribution is -2.42. The average molecular weight is 465 g/mol. The molecule has 0 spiro atoms. The summed E-state index contributed by atoms with van der Waals surface area (Å²) >= 11 is 5.67. The van der Waals surface area contributed by atoms with E-state index in [0.29, 0.717) is 18.7 Å². The topological polar surface area (TPSA) is 80.9 Å².